The lowest BCUT2D eigenvalue weighted by molar-refractivity contribution is -0.167. The Morgan fingerprint density at radius 2 is 0.513 bits per heavy atom. The van der Waals surface area contributed by atoms with Gasteiger partial charge >= 0.3 is 17.9 Å². The van der Waals surface area contributed by atoms with Crippen LogP contribution in [-0.4, -0.2) is 37.2 Å². The molecule has 0 aliphatic heterocycles. The highest BCUT2D eigenvalue weighted by atomic mass is 16.6. The molecule has 1 atom stereocenters. The van der Waals surface area contributed by atoms with E-state index in [9.17, 15) is 14.4 Å². The Labute approximate surface area is 472 Å². The molecular formula is C70H126O6. The van der Waals surface area contributed by atoms with E-state index < -0.39 is 6.10 Å². The summed E-state index contributed by atoms with van der Waals surface area (Å²) in [6, 6.07) is 0. The summed E-state index contributed by atoms with van der Waals surface area (Å²) in [5.41, 5.74) is 0. The fourth-order valence-corrected chi connectivity index (χ4v) is 9.83. The van der Waals surface area contributed by atoms with Gasteiger partial charge in [0.2, 0.25) is 0 Å². The van der Waals surface area contributed by atoms with Gasteiger partial charge in [0.05, 0.1) is 0 Å². The third kappa shape index (κ3) is 62.0. The van der Waals surface area contributed by atoms with Gasteiger partial charge in [0.15, 0.2) is 6.10 Å². The summed E-state index contributed by atoms with van der Waals surface area (Å²) in [6.07, 6.45) is 82.9. The first-order chi connectivity index (χ1) is 37.5. The van der Waals surface area contributed by atoms with Gasteiger partial charge in [0.25, 0.3) is 0 Å². The molecule has 1 unspecified atom stereocenters. The summed E-state index contributed by atoms with van der Waals surface area (Å²) in [5.74, 6) is -0.870. The molecule has 0 saturated carbocycles. The van der Waals surface area contributed by atoms with Gasteiger partial charge in [-0.1, -0.05) is 326 Å². The largest absolute Gasteiger partial charge is 0.462 e. The number of ether oxygens (including phenoxy) is 3. The Hall–Kier alpha value is -2.89. The first-order valence-electron chi connectivity index (χ1n) is 33.3. The van der Waals surface area contributed by atoms with Crippen LogP contribution in [0.4, 0.5) is 0 Å². The molecular weight excluding hydrogens is 937 g/mol. The van der Waals surface area contributed by atoms with E-state index in [4.69, 9.17) is 14.2 Å². The van der Waals surface area contributed by atoms with Crippen molar-refractivity contribution in [2.45, 2.75) is 354 Å². The maximum absolute atomic E-state index is 12.8. The molecule has 0 aromatic heterocycles. The minimum atomic E-state index is -0.770. The molecule has 0 aliphatic rings. The smallest absolute Gasteiger partial charge is 0.306 e. The van der Waals surface area contributed by atoms with Gasteiger partial charge in [0.1, 0.15) is 13.2 Å². The number of hydrogen-bond donors (Lipinski definition) is 0. The molecule has 0 rings (SSSR count). The molecule has 0 bridgehead atoms. The van der Waals surface area contributed by atoms with Crippen LogP contribution in [0, 0.1) is 0 Å². The maximum Gasteiger partial charge on any atom is 0.306 e. The number of allylic oxidation sites excluding steroid dienone is 10. The summed E-state index contributed by atoms with van der Waals surface area (Å²) in [5, 5.41) is 0. The van der Waals surface area contributed by atoms with Gasteiger partial charge in [-0.3, -0.25) is 14.4 Å². The quantitative estimate of drug-likeness (QED) is 0.0261. The molecule has 0 N–H and O–H groups in total. The lowest BCUT2D eigenvalue weighted by Crippen LogP contribution is -2.30. The molecule has 0 aromatic rings. The lowest BCUT2D eigenvalue weighted by Gasteiger charge is -2.18. The normalized spacial score (nSPS) is 12.4. The van der Waals surface area contributed by atoms with Crippen LogP contribution in [0.1, 0.15) is 348 Å². The van der Waals surface area contributed by atoms with E-state index in [1.807, 2.05) is 0 Å². The zero-order valence-corrected chi connectivity index (χ0v) is 50.8. The number of hydrogen-bond acceptors (Lipinski definition) is 6. The summed E-state index contributed by atoms with van der Waals surface area (Å²) >= 11 is 0. The topological polar surface area (TPSA) is 78.9 Å². The molecule has 0 spiro atoms. The zero-order chi connectivity index (χ0) is 55.0. The van der Waals surface area contributed by atoms with Gasteiger partial charge in [-0.2, -0.15) is 0 Å². The number of rotatable bonds is 61. The Balaban J connectivity index is 3.99. The van der Waals surface area contributed by atoms with Gasteiger partial charge in [-0.05, 0) is 64.2 Å². The van der Waals surface area contributed by atoms with Crippen LogP contribution in [0.15, 0.2) is 60.8 Å². The minimum Gasteiger partial charge on any atom is -0.462 e. The van der Waals surface area contributed by atoms with E-state index >= 15 is 0 Å². The monoisotopic (exact) mass is 1060 g/mol. The zero-order valence-electron chi connectivity index (χ0n) is 50.8. The second-order valence-electron chi connectivity index (χ2n) is 22.4. The number of esters is 3. The molecule has 76 heavy (non-hydrogen) atoms. The molecule has 442 valence electrons. The Morgan fingerprint density at radius 3 is 0.803 bits per heavy atom. The van der Waals surface area contributed by atoms with Gasteiger partial charge < -0.3 is 14.2 Å². The van der Waals surface area contributed by atoms with Gasteiger partial charge in [-0.15, -0.1) is 0 Å². The van der Waals surface area contributed by atoms with Crippen LogP contribution in [0.25, 0.3) is 0 Å². The summed E-state index contributed by atoms with van der Waals surface area (Å²) < 4.78 is 16.8. The number of unbranched alkanes of at least 4 members (excludes halogenated alkanes) is 40. The molecule has 0 heterocycles. The van der Waals surface area contributed by atoms with Crippen LogP contribution in [0.2, 0.25) is 0 Å². The Morgan fingerprint density at radius 1 is 0.276 bits per heavy atom. The molecule has 0 radical (unpaired) electrons. The van der Waals surface area contributed by atoms with Crippen molar-refractivity contribution in [2.24, 2.45) is 0 Å². The fourth-order valence-electron chi connectivity index (χ4n) is 9.83. The van der Waals surface area contributed by atoms with Crippen molar-refractivity contribution in [2.75, 3.05) is 13.2 Å². The first kappa shape index (κ1) is 73.1. The number of carbonyl (C=O) groups excluding carboxylic acids is 3. The van der Waals surface area contributed by atoms with Crippen molar-refractivity contribution in [3.05, 3.63) is 60.8 Å². The van der Waals surface area contributed by atoms with E-state index in [0.717, 1.165) is 96.3 Å². The second-order valence-corrected chi connectivity index (χ2v) is 22.4. The van der Waals surface area contributed by atoms with E-state index in [1.54, 1.807) is 0 Å². The van der Waals surface area contributed by atoms with Crippen LogP contribution < -0.4 is 0 Å². The highest BCUT2D eigenvalue weighted by molar-refractivity contribution is 5.71. The van der Waals surface area contributed by atoms with Crippen LogP contribution in [0.5, 0.6) is 0 Å². The van der Waals surface area contributed by atoms with Gasteiger partial charge in [0, 0.05) is 19.3 Å². The third-order valence-corrected chi connectivity index (χ3v) is 14.8. The van der Waals surface area contributed by atoms with Crippen LogP contribution in [-0.2, 0) is 28.6 Å². The average Bonchev–Trinajstić information content (AvgIpc) is 3.42. The SMILES string of the molecule is CC/C=C\C/C=C\C/C=C\C/C=C\C/C=C\CCCCCCCCCCCCCC(=O)OCC(COC(=O)CCCCCCC)OC(=O)CCCCCCCCCCCCCCCCCCCCCCCCCCCC. The van der Waals surface area contributed by atoms with Gasteiger partial charge in [-0.25, -0.2) is 0 Å². The van der Waals surface area contributed by atoms with Crippen molar-refractivity contribution in [3.8, 4) is 0 Å². The minimum absolute atomic E-state index is 0.0720. The van der Waals surface area contributed by atoms with Crippen molar-refractivity contribution >= 4 is 17.9 Å². The van der Waals surface area contributed by atoms with E-state index in [0.29, 0.717) is 19.3 Å². The maximum atomic E-state index is 12.8. The predicted molar refractivity (Wildman–Crippen MR) is 330 cm³/mol. The van der Waals surface area contributed by atoms with Crippen molar-refractivity contribution in [3.63, 3.8) is 0 Å². The predicted octanol–water partition coefficient (Wildman–Crippen LogP) is 22.7. The van der Waals surface area contributed by atoms with Crippen LogP contribution >= 0.6 is 0 Å². The third-order valence-electron chi connectivity index (χ3n) is 14.8. The summed E-state index contributed by atoms with van der Waals surface area (Å²) in [6.45, 7) is 6.49. The average molecular weight is 1060 g/mol. The van der Waals surface area contributed by atoms with Crippen LogP contribution in [0.3, 0.4) is 0 Å². The molecule has 0 fully saturated rings. The first-order valence-corrected chi connectivity index (χ1v) is 33.3. The van der Waals surface area contributed by atoms with Crippen molar-refractivity contribution < 1.29 is 28.6 Å². The van der Waals surface area contributed by atoms with Crippen molar-refractivity contribution in [1.29, 1.82) is 0 Å². The highest BCUT2D eigenvalue weighted by Crippen LogP contribution is 2.18. The Bertz CT molecular complexity index is 1360. The van der Waals surface area contributed by atoms with E-state index in [2.05, 4.69) is 81.5 Å². The molecule has 6 nitrogen and oxygen atoms in total. The second kappa shape index (κ2) is 64.6. The van der Waals surface area contributed by atoms with E-state index in [-0.39, 0.29) is 31.1 Å². The molecule has 6 heteroatoms. The molecule has 0 aliphatic carbocycles. The van der Waals surface area contributed by atoms with E-state index in [1.165, 1.54) is 212 Å². The van der Waals surface area contributed by atoms with Crippen molar-refractivity contribution in [1.82, 2.24) is 0 Å². The fraction of sp³-hybridized carbons (Fsp3) is 0.814. The molecule has 0 aromatic carbocycles. The Kier molecular flexibility index (Phi) is 62.2. The molecule has 0 saturated heterocycles. The highest BCUT2D eigenvalue weighted by Gasteiger charge is 2.19. The summed E-state index contributed by atoms with van der Waals surface area (Å²) in [4.78, 5) is 38.0. The standard InChI is InChI=1S/C70H126O6/c1-4-7-10-13-15-17-19-21-23-25-27-29-31-33-35-37-38-40-42-44-46-48-50-52-54-57-60-63-69(72)75-66-67(65-74-68(71)62-59-56-12-9-6-3)76-70(73)64-61-58-55-53-51-49-47-45-43-41-39-36-34-32-30-28-26-24-22-20-18-16-14-11-8-5-2/h7,10,15,17,21,23,27,29,33,35,67H,4-6,8-9,11-14,16,18-20,22,24-26,28,30-32,34,36-66H2,1-3H3/b10-7-,17-15-,23-21-,29-27-,35-33-. The summed E-state index contributed by atoms with van der Waals surface area (Å²) in [7, 11) is 0. The number of carbonyl (C=O) groups is 3. The lowest BCUT2D eigenvalue weighted by atomic mass is 10.0. The molecule has 0 amide bonds.